The van der Waals surface area contributed by atoms with Gasteiger partial charge < -0.3 is 0 Å². The van der Waals surface area contributed by atoms with E-state index in [4.69, 9.17) is 4.98 Å². The normalized spacial score (nSPS) is 11.6. The number of amides is 1. The first-order valence-electron chi connectivity index (χ1n) is 10.2. The van der Waals surface area contributed by atoms with Crippen molar-refractivity contribution in [3.05, 3.63) is 83.2 Å². The Morgan fingerprint density at radius 1 is 1.03 bits per heavy atom. The SMILES string of the molecule is CCS(=O)(=O)c1cccc(C(=O)N(Cc2ccccn2)c2nc3c(C)ccc(C)c3s2)c1. The average Bonchev–Trinajstić information content (AvgIpc) is 3.27. The molecule has 8 heteroatoms. The first kappa shape index (κ1) is 22.1. The Kier molecular flexibility index (Phi) is 6.08. The van der Waals surface area contributed by atoms with E-state index < -0.39 is 9.84 Å². The molecular weight excluding hydrogens is 442 g/mol. The van der Waals surface area contributed by atoms with Crippen molar-refractivity contribution in [3.63, 3.8) is 0 Å². The van der Waals surface area contributed by atoms with Crippen LogP contribution in [0.3, 0.4) is 0 Å². The first-order chi connectivity index (χ1) is 15.3. The largest absolute Gasteiger partial charge is 0.278 e. The lowest BCUT2D eigenvalue weighted by Crippen LogP contribution is -2.30. The highest BCUT2D eigenvalue weighted by atomic mass is 32.2. The molecule has 2 aromatic carbocycles. The van der Waals surface area contributed by atoms with Gasteiger partial charge in [0.15, 0.2) is 15.0 Å². The van der Waals surface area contributed by atoms with Crippen molar-refractivity contribution in [2.45, 2.75) is 32.2 Å². The summed E-state index contributed by atoms with van der Waals surface area (Å²) in [6, 6.07) is 15.8. The van der Waals surface area contributed by atoms with Crippen LogP contribution >= 0.6 is 11.3 Å². The molecule has 164 valence electrons. The number of hydrogen-bond acceptors (Lipinski definition) is 6. The molecule has 6 nitrogen and oxygen atoms in total. The van der Waals surface area contributed by atoms with Gasteiger partial charge in [0.25, 0.3) is 5.91 Å². The van der Waals surface area contributed by atoms with Crippen molar-refractivity contribution in [1.82, 2.24) is 9.97 Å². The zero-order chi connectivity index (χ0) is 22.9. The van der Waals surface area contributed by atoms with Crippen molar-refractivity contribution in [2.75, 3.05) is 10.7 Å². The third-order valence-corrected chi connectivity index (χ3v) is 8.22. The van der Waals surface area contributed by atoms with E-state index >= 15 is 0 Å². The summed E-state index contributed by atoms with van der Waals surface area (Å²) in [6.45, 7) is 5.83. The molecule has 0 aliphatic heterocycles. The van der Waals surface area contributed by atoms with Crippen LogP contribution in [0, 0.1) is 13.8 Å². The second kappa shape index (κ2) is 8.80. The Morgan fingerprint density at radius 2 is 1.81 bits per heavy atom. The maximum atomic E-state index is 13.6. The topological polar surface area (TPSA) is 80.2 Å². The van der Waals surface area contributed by atoms with Crippen molar-refractivity contribution in [3.8, 4) is 0 Å². The third kappa shape index (κ3) is 4.28. The predicted molar refractivity (Wildman–Crippen MR) is 128 cm³/mol. The van der Waals surface area contributed by atoms with Gasteiger partial charge in [-0.1, -0.05) is 42.5 Å². The van der Waals surface area contributed by atoms with Crippen LogP contribution in [-0.4, -0.2) is 30.0 Å². The standard InChI is InChI=1S/C24H23N3O3S2/c1-4-32(29,30)20-10-7-8-18(14-20)23(28)27(15-19-9-5-6-13-25-19)24-26-21-16(2)11-12-17(3)22(21)31-24/h5-14H,4,15H2,1-3H3. The molecule has 0 saturated heterocycles. The van der Waals surface area contributed by atoms with Crippen LogP contribution in [0.5, 0.6) is 0 Å². The molecule has 0 unspecified atom stereocenters. The number of benzene rings is 2. The Labute approximate surface area is 191 Å². The van der Waals surface area contributed by atoms with E-state index in [-0.39, 0.29) is 23.1 Å². The molecule has 1 amide bonds. The molecule has 0 bridgehead atoms. The zero-order valence-electron chi connectivity index (χ0n) is 18.1. The number of pyridine rings is 1. The molecule has 4 aromatic rings. The van der Waals surface area contributed by atoms with Crippen LogP contribution < -0.4 is 4.90 Å². The minimum Gasteiger partial charge on any atom is -0.278 e. The van der Waals surface area contributed by atoms with Crippen LogP contribution in [-0.2, 0) is 16.4 Å². The number of rotatable bonds is 6. The second-order valence-electron chi connectivity index (χ2n) is 7.52. The Bertz CT molecular complexity index is 1360. The summed E-state index contributed by atoms with van der Waals surface area (Å²) in [4.78, 5) is 24.5. The molecule has 0 radical (unpaired) electrons. The number of nitrogens with zero attached hydrogens (tertiary/aromatic N) is 3. The summed E-state index contributed by atoms with van der Waals surface area (Å²) in [6.07, 6.45) is 1.68. The van der Waals surface area contributed by atoms with Gasteiger partial charge in [0, 0.05) is 11.8 Å². The van der Waals surface area contributed by atoms with Gasteiger partial charge >= 0.3 is 0 Å². The molecule has 4 rings (SSSR count). The number of fused-ring (bicyclic) bond motifs is 1. The molecule has 0 atom stereocenters. The van der Waals surface area contributed by atoms with Gasteiger partial charge in [0.1, 0.15) is 0 Å². The van der Waals surface area contributed by atoms with Crippen molar-refractivity contribution < 1.29 is 13.2 Å². The fraction of sp³-hybridized carbons (Fsp3) is 0.208. The fourth-order valence-electron chi connectivity index (χ4n) is 3.39. The summed E-state index contributed by atoms with van der Waals surface area (Å²) in [7, 11) is -3.43. The Hall–Kier alpha value is -3.10. The molecule has 0 spiro atoms. The highest BCUT2D eigenvalue weighted by Gasteiger charge is 2.24. The molecule has 0 N–H and O–H groups in total. The quantitative estimate of drug-likeness (QED) is 0.403. The highest BCUT2D eigenvalue weighted by molar-refractivity contribution is 7.91. The molecule has 0 aliphatic rings. The fourth-order valence-corrected chi connectivity index (χ4v) is 5.42. The first-order valence-corrected chi connectivity index (χ1v) is 12.7. The van der Waals surface area contributed by atoms with Crippen molar-refractivity contribution >= 4 is 42.4 Å². The van der Waals surface area contributed by atoms with Gasteiger partial charge in [-0.05, 0) is 55.3 Å². The summed E-state index contributed by atoms with van der Waals surface area (Å²) in [5.74, 6) is -0.350. The van der Waals surface area contributed by atoms with E-state index in [9.17, 15) is 13.2 Å². The van der Waals surface area contributed by atoms with Crippen LogP contribution in [0.4, 0.5) is 5.13 Å². The smallest absolute Gasteiger partial charge is 0.260 e. The van der Waals surface area contributed by atoms with E-state index in [0.29, 0.717) is 16.4 Å². The van der Waals surface area contributed by atoms with Crippen molar-refractivity contribution in [2.24, 2.45) is 0 Å². The lowest BCUT2D eigenvalue weighted by Gasteiger charge is -2.20. The van der Waals surface area contributed by atoms with Crippen molar-refractivity contribution in [1.29, 1.82) is 0 Å². The number of carbonyl (C=O) groups excluding carboxylic acids is 1. The van der Waals surface area contributed by atoms with E-state index in [0.717, 1.165) is 21.3 Å². The molecule has 0 fully saturated rings. The number of thiazole rings is 1. The third-order valence-electron chi connectivity index (χ3n) is 5.27. The van der Waals surface area contributed by atoms with Gasteiger partial charge in [0.05, 0.1) is 33.1 Å². The molecular formula is C24H23N3O3S2. The molecule has 0 saturated carbocycles. The second-order valence-corrected chi connectivity index (χ2v) is 10.8. The molecule has 2 aromatic heterocycles. The van der Waals surface area contributed by atoms with Gasteiger partial charge in [-0.3, -0.25) is 14.7 Å². The summed E-state index contributed by atoms with van der Waals surface area (Å²) < 4.78 is 25.7. The monoisotopic (exact) mass is 465 g/mol. The highest BCUT2D eigenvalue weighted by Crippen LogP contribution is 2.34. The van der Waals surface area contributed by atoms with Crippen LogP contribution in [0.1, 0.15) is 34.1 Å². The minimum absolute atomic E-state index is 0.0291. The molecule has 0 aliphatic carbocycles. The van der Waals surface area contributed by atoms with Gasteiger partial charge in [-0.15, -0.1) is 0 Å². The number of sulfone groups is 1. The maximum absolute atomic E-state index is 13.6. The number of anilines is 1. The zero-order valence-corrected chi connectivity index (χ0v) is 19.7. The predicted octanol–water partition coefficient (Wildman–Crippen LogP) is 4.95. The number of hydrogen-bond donors (Lipinski definition) is 0. The average molecular weight is 466 g/mol. The van der Waals surface area contributed by atoms with Gasteiger partial charge in [0.2, 0.25) is 0 Å². The summed E-state index contributed by atoms with van der Waals surface area (Å²) in [5.41, 5.74) is 4.00. The number of carbonyl (C=O) groups is 1. The van der Waals surface area contributed by atoms with Gasteiger partial charge in [-0.25, -0.2) is 13.4 Å². The lowest BCUT2D eigenvalue weighted by atomic mass is 10.1. The van der Waals surface area contributed by atoms with Crippen LogP contribution in [0.2, 0.25) is 0 Å². The lowest BCUT2D eigenvalue weighted by molar-refractivity contribution is 0.0984. The van der Waals surface area contributed by atoms with E-state index in [2.05, 4.69) is 4.98 Å². The summed E-state index contributed by atoms with van der Waals surface area (Å²) >= 11 is 1.45. The maximum Gasteiger partial charge on any atom is 0.260 e. The summed E-state index contributed by atoms with van der Waals surface area (Å²) in [5, 5.41) is 0.553. The minimum atomic E-state index is -3.43. The number of aromatic nitrogens is 2. The van der Waals surface area contributed by atoms with E-state index in [1.807, 2.05) is 44.2 Å². The Morgan fingerprint density at radius 3 is 2.50 bits per heavy atom. The molecule has 32 heavy (non-hydrogen) atoms. The van der Waals surface area contributed by atoms with E-state index in [1.165, 1.54) is 23.5 Å². The number of aryl methyl sites for hydroxylation is 2. The Balaban J connectivity index is 1.82. The van der Waals surface area contributed by atoms with Gasteiger partial charge in [-0.2, -0.15) is 0 Å². The van der Waals surface area contributed by atoms with E-state index in [1.54, 1.807) is 30.2 Å². The van der Waals surface area contributed by atoms with Crippen LogP contribution in [0.25, 0.3) is 10.2 Å². The molecule has 2 heterocycles. The van der Waals surface area contributed by atoms with Crippen LogP contribution in [0.15, 0.2) is 65.7 Å².